The van der Waals surface area contributed by atoms with Crippen LogP contribution in [0.1, 0.15) is 18.1 Å². The van der Waals surface area contributed by atoms with E-state index in [9.17, 15) is 9.90 Å². The molecule has 0 fully saturated rings. The number of carboxylic acid groups (broad SMARTS) is 1. The molecule has 0 heterocycles. The molecular formula is C17H16O4. The number of carbonyl (C=O) groups is 1. The molecule has 0 aliphatic heterocycles. The second-order valence-corrected chi connectivity index (χ2v) is 4.63. The molecule has 2 N–H and O–H groups in total. The normalized spacial score (nSPS) is 11.2. The van der Waals surface area contributed by atoms with Gasteiger partial charge in [-0.15, -0.1) is 0 Å². The van der Waals surface area contributed by atoms with Gasteiger partial charge in [0.2, 0.25) is 0 Å². The van der Waals surface area contributed by atoms with Crippen molar-refractivity contribution in [3.05, 3.63) is 65.2 Å². The highest BCUT2D eigenvalue weighted by molar-refractivity contribution is 5.91. The zero-order chi connectivity index (χ0) is 15.2. The Morgan fingerprint density at radius 3 is 2.52 bits per heavy atom. The zero-order valence-corrected chi connectivity index (χ0v) is 11.6. The lowest BCUT2D eigenvalue weighted by molar-refractivity contribution is -0.132. The van der Waals surface area contributed by atoms with Gasteiger partial charge in [-0.05, 0) is 30.7 Å². The fourth-order valence-corrected chi connectivity index (χ4v) is 1.77. The first kappa shape index (κ1) is 14.7. The van der Waals surface area contributed by atoms with Gasteiger partial charge in [0, 0.05) is 17.2 Å². The van der Waals surface area contributed by atoms with Crippen LogP contribution in [-0.2, 0) is 11.4 Å². The average molecular weight is 284 g/mol. The Bertz CT molecular complexity index is 660. The van der Waals surface area contributed by atoms with Crippen LogP contribution in [0.4, 0.5) is 0 Å². The van der Waals surface area contributed by atoms with Crippen molar-refractivity contribution in [1.82, 2.24) is 0 Å². The lowest BCUT2D eigenvalue weighted by Crippen LogP contribution is -1.96. The van der Waals surface area contributed by atoms with Crippen molar-refractivity contribution in [2.24, 2.45) is 0 Å². The van der Waals surface area contributed by atoms with Crippen molar-refractivity contribution in [2.45, 2.75) is 13.5 Å². The summed E-state index contributed by atoms with van der Waals surface area (Å²) in [6.07, 6.45) is 1.42. The van der Waals surface area contributed by atoms with Crippen LogP contribution in [0.25, 0.3) is 6.08 Å². The van der Waals surface area contributed by atoms with E-state index >= 15 is 0 Å². The van der Waals surface area contributed by atoms with E-state index in [1.54, 1.807) is 12.1 Å². The molecule has 0 amide bonds. The molecule has 0 aliphatic carbocycles. The number of hydrogen-bond acceptors (Lipinski definition) is 3. The zero-order valence-electron chi connectivity index (χ0n) is 11.6. The molecule has 0 saturated carbocycles. The molecule has 0 atom stereocenters. The summed E-state index contributed by atoms with van der Waals surface area (Å²) >= 11 is 0. The van der Waals surface area contributed by atoms with E-state index in [4.69, 9.17) is 9.84 Å². The van der Waals surface area contributed by atoms with Crippen molar-refractivity contribution in [2.75, 3.05) is 0 Å². The maximum absolute atomic E-state index is 10.8. The Morgan fingerprint density at radius 1 is 1.19 bits per heavy atom. The monoisotopic (exact) mass is 284 g/mol. The SMILES string of the molecule is C/C(=C\c1ccc(OCc2ccccc2)cc1O)C(=O)O. The molecule has 0 bridgehead atoms. The lowest BCUT2D eigenvalue weighted by Gasteiger charge is -2.08. The summed E-state index contributed by atoms with van der Waals surface area (Å²) in [6.45, 7) is 1.88. The van der Waals surface area contributed by atoms with E-state index in [0.29, 0.717) is 17.9 Å². The van der Waals surface area contributed by atoms with Gasteiger partial charge in [-0.2, -0.15) is 0 Å². The highest BCUT2D eigenvalue weighted by Gasteiger charge is 2.05. The topological polar surface area (TPSA) is 66.8 Å². The van der Waals surface area contributed by atoms with Crippen molar-refractivity contribution in [3.8, 4) is 11.5 Å². The fraction of sp³-hybridized carbons (Fsp3) is 0.118. The number of phenols is 1. The molecule has 0 aromatic heterocycles. The van der Waals surface area contributed by atoms with Crippen LogP contribution < -0.4 is 4.74 Å². The van der Waals surface area contributed by atoms with E-state index in [-0.39, 0.29) is 11.3 Å². The number of phenolic OH excluding ortho intramolecular Hbond substituents is 1. The molecule has 108 valence electrons. The molecule has 0 unspecified atom stereocenters. The third-order valence-corrected chi connectivity index (χ3v) is 2.96. The number of benzene rings is 2. The van der Waals surface area contributed by atoms with E-state index < -0.39 is 5.97 Å². The highest BCUT2D eigenvalue weighted by Crippen LogP contribution is 2.26. The summed E-state index contributed by atoms with van der Waals surface area (Å²) in [5, 5.41) is 18.7. The van der Waals surface area contributed by atoms with Crippen LogP contribution in [0.2, 0.25) is 0 Å². The summed E-state index contributed by atoms with van der Waals surface area (Å²) in [7, 11) is 0. The number of carboxylic acids is 1. The van der Waals surface area contributed by atoms with Gasteiger partial charge in [-0.25, -0.2) is 4.79 Å². The molecular weight excluding hydrogens is 268 g/mol. The summed E-state index contributed by atoms with van der Waals surface area (Å²) in [5.74, 6) is -0.499. The van der Waals surface area contributed by atoms with Crippen molar-refractivity contribution < 1.29 is 19.7 Å². The average Bonchev–Trinajstić information content (AvgIpc) is 2.48. The maximum Gasteiger partial charge on any atom is 0.331 e. The second kappa shape index (κ2) is 6.61. The molecule has 4 nitrogen and oxygen atoms in total. The van der Waals surface area contributed by atoms with Gasteiger partial charge in [0.15, 0.2) is 0 Å². The molecule has 0 aliphatic rings. The Morgan fingerprint density at radius 2 is 1.90 bits per heavy atom. The number of aliphatic carboxylic acids is 1. The van der Waals surface area contributed by atoms with Crippen molar-refractivity contribution in [1.29, 1.82) is 0 Å². The van der Waals surface area contributed by atoms with Crippen molar-refractivity contribution >= 4 is 12.0 Å². The molecule has 4 heteroatoms. The van der Waals surface area contributed by atoms with Crippen LogP contribution >= 0.6 is 0 Å². The summed E-state index contributed by atoms with van der Waals surface area (Å²) in [5.41, 5.74) is 1.63. The third kappa shape index (κ3) is 4.11. The largest absolute Gasteiger partial charge is 0.507 e. The van der Waals surface area contributed by atoms with Crippen LogP contribution in [-0.4, -0.2) is 16.2 Å². The molecule has 2 aromatic rings. The van der Waals surface area contributed by atoms with Crippen LogP contribution in [0, 0.1) is 0 Å². The Kier molecular flexibility index (Phi) is 4.61. The Labute approximate surface area is 122 Å². The van der Waals surface area contributed by atoms with Gasteiger partial charge >= 0.3 is 5.97 Å². The standard InChI is InChI=1S/C17H16O4/c1-12(17(19)20)9-14-7-8-15(10-16(14)18)21-11-13-5-3-2-4-6-13/h2-10,18H,11H2,1H3,(H,19,20)/b12-9+. The van der Waals surface area contributed by atoms with Crippen LogP contribution in [0.5, 0.6) is 11.5 Å². The Hall–Kier alpha value is -2.75. The van der Waals surface area contributed by atoms with Crippen molar-refractivity contribution in [3.63, 3.8) is 0 Å². The van der Waals surface area contributed by atoms with E-state index in [1.807, 2.05) is 30.3 Å². The first-order valence-corrected chi connectivity index (χ1v) is 6.47. The lowest BCUT2D eigenvalue weighted by atomic mass is 10.1. The third-order valence-electron chi connectivity index (χ3n) is 2.96. The van der Waals surface area contributed by atoms with Gasteiger partial charge < -0.3 is 14.9 Å². The number of aromatic hydroxyl groups is 1. The maximum atomic E-state index is 10.8. The van der Waals surface area contributed by atoms with E-state index in [1.165, 1.54) is 19.1 Å². The molecule has 2 rings (SSSR count). The Balaban J connectivity index is 2.09. The molecule has 0 radical (unpaired) electrons. The van der Waals surface area contributed by atoms with Gasteiger partial charge in [-0.3, -0.25) is 0 Å². The summed E-state index contributed by atoms with van der Waals surface area (Å²) in [4.78, 5) is 10.8. The first-order chi connectivity index (χ1) is 10.1. The minimum atomic E-state index is -1.01. The number of rotatable bonds is 5. The van der Waals surface area contributed by atoms with E-state index in [2.05, 4.69) is 0 Å². The van der Waals surface area contributed by atoms with Gasteiger partial charge in [0.25, 0.3) is 0 Å². The van der Waals surface area contributed by atoms with Crippen LogP contribution in [0.15, 0.2) is 54.1 Å². The van der Waals surface area contributed by atoms with E-state index in [0.717, 1.165) is 5.56 Å². The van der Waals surface area contributed by atoms with Crippen LogP contribution in [0.3, 0.4) is 0 Å². The summed E-state index contributed by atoms with van der Waals surface area (Å²) < 4.78 is 5.58. The van der Waals surface area contributed by atoms with Gasteiger partial charge in [-0.1, -0.05) is 30.3 Å². The predicted octanol–water partition coefficient (Wildman–Crippen LogP) is 3.46. The molecule has 2 aromatic carbocycles. The summed E-state index contributed by atoms with van der Waals surface area (Å²) in [6, 6.07) is 14.5. The molecule has 0 saturated heterocycles. The second-order valence-electron chi connectivity index (χ2n) is 4.63. The van der Waals surface area contributed by atoms with Gasteiger partial charge in [0.1, 0.15) is 18.1 Å². The minimum absolute atomic E-state index is 0.0128. The fourth-order valence-electron chi connectivity index (χ4n) is 1.77. The number of ether oxygens (including phenoxy) is 1. The smallest absolute Gasteiger partial charge is 0.331 e. The molecule has 21 heavy (non-hydrogen) atoms. The first-order valence-electron chi connectivity index (χ1n) is 6.47. The predicted molar refractivity (Wildman–Crippen MR) is 80.2 cm³/mol. The number of hydrogen-bond donors (Lipinski definition) is 2. The highest BCUT2D eigenvalue weighted by atomic mass is 16.5. The quantitative estimate of drug-likeness (QED) is 0.825. The molecule has 0 spiro atoms. The minimum Gasteiger partial charge on any atom is -0.507 e. The van der Waals surface area contributed by atoms with Gasteiger partial charge in [0.05, 0.1) is 0 Å².